The van der Waals surface area contributed by atoms with E-state index >= 15 is 0 Å². The van der Waals surface area contributed by atoms with Crippen LogP contribution in [-0.4, -0.2) is 57.5 Å². The number of likely N-dealkylation sites (tertiary alicyclic amines) is 1. The van der Waals surface area contributed by atoms with Crippen molar-refractivity contribution in [2.75, 3.05) is 26.2 Å². The fourth-order valence-electron chi connectivity index (χ4n) is 3.20. The van der Waals surface area contributed by atoms with Crippen LogP contribution in [0.2, 0.25) is 0 Å². The van der Waals surface area contributed by atoms with Gasteiger partial charge in [0.25, 0.3) is 0 Å². The fourth-order valence-corrected chi connectivity index (χ4v) is 3.20. The maximum absolute atomic E-state index is 10.1. The Bertz CT molecular complexity index is 496. The maximum Gasteiger partial charge on any atom is 0.141 e. The Hall–Kier alpha value is -1.21. The van der Waals surface area contributed by atoms with Crippen molar-refractivity contribution in [3.8, 4) is 5.75 Å². The topological polar surface area (TPSA) is 88.9 Å². The van der Waals surface area contributed by atoms with Gasteiger partial charge >= 0.3 is 0 Å². The second-order valence-electron chi connectivity index (χ2n) is 6.25. The number of hydrogen-bond acceptors (Lipinski definition) is 6. The Kier molecular flexibility index (Phi) is 7.23. The number of aromatic hydroxyl groups is 1. The van der Waals surface area contributed by atoms with Crippen LogP contribution in [0, 0.1) is 6.92 Å². The van der Waals surface area contributed by atoms with Crippen molar-refractivity contribution in [2.24, 2.45) is 0 Å². The van der Waals surface area contributed by atoms with E-state index in [9.17, 15) is 15.3 Å². The van der Waals surface area contributed by atoms with E-state index in [0.717, 1.165) is 38.0 Å². The fraction of sp³-hybridized carbons (Fsp3) is 0.706. The summed E-state index contributed by atoms with van der Waals surface area (Å²) in [7, 11) is 0. The molecule has 0 saturated carbocycles. The predicted octanol–water partition coefficient (Wildman–Crippen LogP) is 0.914. The molecule has 0 radical (unpaired) electrons. The van der Waals surface area contributed by atoms with E-state index in [2.05, 4.69) is 15.2 Å². The van der Waals surface area contributed by atoms with Gasteiger partial charge in [0.2, 0.25) is 0 Å². The van der Waals surface area contributed by atoms with Crippen LogP contribution in [0.5, 0.6) is 5.75 Å². The first-order chi connectivity index (χ1) is 11.2. The van der Waals surface area contributed by atoms with Gasteiger partial charge in [0.1, 0.15) is 5.75 Å². The van der Waals surface area contributed by atoms with E-state index in [1.165, 1.54) is 12.8 Å². The summed E-state index contributed by atoms with van der Waals surface area (Å²) in [4.78, 5) is 6.44. The van der Waals surface area contributed by atoms with Crippen LogP contribution in [0.15, 0.2) is 6.20 Å². The molecule has 1 unspecified atom stereocenters. The molecule has 130 valence electrons. The molecule has 0 bridgehead atoms. The molecule has 2 rings (SSSR count). The average molecular weight is 323 g/mol. The number of nitrogens with zero attached hydrogens (tertiary/aromatic N) is 2. The lowest BCUT2D eigenvalue weighted by molar-refractivity contribution is 0.0892. The molecule has 1 aliphatic rings. The van der Waals surface area contributed by atoms with E-state index in [1.807, 2.05) is 0 Å². The number of aliphatic hydroxyl groups excluding tert-OH is 2. The molecule has 23 heavy (non-hydrogen) atoms. The monoisotopic (exact) mass is 323 g/mol. The molecule has 0 amide bonds. The van der Waals surface area contributed by atoms with Crippen molar-refractivity contribution >= 4 is 0 Å². The van der Waals surface area contributed by atoms with Crippen LogP contribution in [0.3, 0.4) is 0 Å². The third-order valence-electron chi connectivity index (χ3n) is 4.66. The van der Waals surface area contributed by atoms with Crippen LogP contribution >= 0.6 is 0 Å². The summed E-state index contributed by atoms with van der Waals surface area (Å²) in [5.41, 5.74) is 1.97. The van der Waals surface area contributed by atoms with E-state index in [1.54, 1.807) is 13.1 Å². The standard InChI is InChI=1S/C17H29N3O3/c1-13-17(23)16(14(11-21)9-19-13)10-18-6-4-8-20-7-3-2-5-15(20)12-22/h9,15,18,21-23H,2-8,10-12H2,1H3. The van der Waals surface area contributed by atoms with Crippen molar-refractivity contribution in [3.63, 3.8) is 0 Å². The number of nitrogens with one attached hydrogen (secondary N) is 1. The Morgan fingerprint density at radius 2 is 2.17 bits per heavy atom. The molecule has 0 aromatic carbocycles. The summed E-state index contributed by atoms with van der Waals surface area (Å²) >= 11 is 0. The number of aliphatic hydroxyl groups is 2. The molecule has 1 saturated heterocycles. The van der Waals surface area contributed by atoms with Gasteiger partial charge in [-0.15, -0.1) is 0 Å². The lowest BCUT2D eigenvalue weighted by atomic mass is 10.0. The second-order valence-corrected chi connectivity index (χ2v) is 6.25. The molecule has 1 aromatic heterocycles. The van der Waals surface area contributed by atoms with Gasteiger partial charge in [0, 0.05) is 29.9 Å². The third kappa shape index (κ3) is 4.88. The largest absolute Gasteiger partial charge is 0.506 e. The third-order valence-corrected chi connectivity index (χ3v) is 4.66. The van der Waals surface area contributed by atoms with Crippen LogP contribution in [-0.2, 0) is 13.2 Å². The molecular formula is C17H29N3O3. The van der Waals surface area contributed by atoms with Crippen LogP contribution < -0.4 is 5.32 Å². The van der Waals surface area contributed by atoms with Gasteiger partial charge in [-0.05, 0) is 45.8 Å². The molecule has 2 heterocycles. The Morgan fingerprint density at radius 1 is 1.35 bits per heavy atom. The minimum absolute atomic E-state index is 0.121. The number of rotatable bonds is 8. The Balaban J connectivity index is 1.76. The van der Waals surface area contributed by atoms with Crippen LogP contribution in [0.25, 0.3) is 0 Å². The molecule has 6 nitrogen and oxygen atoms in total. The highest BCUT2D eigenvalue weighted by Gasteiger charge is 2.20. The first kappa shape index (κ1) is 18.1. The Morgan fingerprint density at radius 3 is 2.91 bits per heavy atom. The maximum atomic E-state index is 10.1. The van der Waals surface area contributed by atoms with Gasteiger partial charge in [0.15, 0.2) is 0 Å². The molecule has 1 fully saturated rings. The van der Waals surface area contributed by atoms with Gasteiger partial charge in [-0.3, -0.25) is 9.88 Å². The van der Waals surface area contributed by atoms with Gasteiger partial charge in [-0.25, -0.2) is 0 Å². The number of aryl methyl sites for hydroxylation is 1. The second kappa shape index (κ2) is 9.17. The van der Waals surface area contributed by atoms with Crippen LogP contribution in [0.1, 0.15) is 42.5 Å². The summed E-state index contributed by atoms with van der Waals surface area (Å²) in [5.74, 6) is 0.167. The zero-order valence-electron chi connectivity index (χ0n) is 14.0. The predicted molar refractivity (Wildman–Crippen MR) is 89.2 cm³/mol. The zero-order chi connectivity index (χ0) is 16.7. The van der Waals surface area contributed by atoms with Crippen molar-refractivity contribution in [1.82, 2.24) is 15.2 Å². The molecule has 6 heteroatoms. The number of aromatic nitrogens is 1. The van der Waals surface area contributed by atoms with Gasteiger partial charge in [-0.1, -0.05) is 6.42 Å². The Labute approximate surface area is 138 Å². The highest BCUT2D eigenvalue weighted by Crippen LogP contribution is 2.23. The molecular weight excluding hydrogens is 294 g/mol. The molecule has 0 spiro atoms. The summed E-state index contributed by atoms with van der Waals surface area (Å²) < 4.78 is 0. The zero-order valence-corrected chi connectivity index (χ0v) is 14.0. The van der Waals surface area contributed by atoms with Crippen molar-refractivity contribution < 1.29 is 15.3 Å². The minimum Gasteiger partial charge on any atom is -0.506 e. The molecule has 1 atom stereocenters. The highest BCUT2D eigenvalue weighted by molar-refractivity contribution is 5.40. The van der Waals surface area contributed by atoms with Crippen molar-refractivity contribution in [2.45, 2.75) is 51.8 Å². The SMILES string of the molecule is Cc1ncc(CO)c(CNCCCN2CCCCC2CO)c1O. The number of piperidine rings is 1. The van der Waals surface area contributed by atoms with E-state index in [4.69, 9.17) is 0 Å². The molecule has 1 aromatic rings. The number of pyridine rings is 1. The summed E-state index contributed by atoms with van der Waals surface area (Å²) in [5, 5.41) is 32.2. The number of hydrogen-bond donors (Lipinski definition) is 4. The van der Waals surface area contributed by atoms with E-state index in [-0.39, 0.29) is 19.0 Å². The molecule has 4 N–H and O–H groups in total. The smallest absolute Gasteiger partial charge is 0.141 e. The molecule has 0 aliphatic carbocycles. The first-order valence-corrected chi connectivity index (χ1v) is 8.50. The summed E-state index contributed by atoms with van der Waals surface area (Å²) in [6.07, 6.45) is 6.13. The minimum atomic E-state index is -0.121. The van der Waals surface area contributed by atoms with E-state index in [0.29, 0.717) is 23.8 Å². The van der Waals surface area contributed by atoms with Gasteiger partial charge < -0.3 is 20.6 Å². The summed E-state index contributed by atoms with van der Waals surface area (Å²) in [6.45, 7) is 5.29. The average Bonchev–Trinajstić information content (AvgIpc) is 2.58. The lowest BCUT2D eigenvalue weighted by Gasteiger charge is -2.34. The summed E-state index contributed by atoms with van der Waals surface area (Å²) in [6, 6.07) is 0.316. The molecule has 1 aliphatic heterocycles. The lowest BCUT2D eigenvalue weighted by Crippen LogP contribution is -2.42. The van der Waals surface area contributed by atoms with E-state index < -0.39 is 0 Å². The highest BCUT2D eigenvalue weighted by atomic mass is 16.3. The van der Waals surface area contributed by atoms with Crippen LogP contribution in [0.4, 0.5) is 0 Å². The normalized spacial score (nSPS) is 19.2. The quantitative estimate of drug-likeness (QED) is 0.532. The van der Waals surface area contributed by atoms with Crippen molar-refractivity contribution in [3.05, 3.63) is 23.0 Å². The first-order valence-electron chi connectivity index (χ1n) is 8.50. The van der Waals surface area contributed by atoms with Gasteiger partial charge in [0.05, 0.1) is 18.9 Å². The van der Waals surface area contributed by atoms with Crippen molar-refractivity contribution in [1.29, 1.82) is 0 Å². The van der Waals surface area contributed by atoms with Gasteiger partial charge in [-0.2, -0.15) is 0 Å².